The van der Waals surface area contributed by atoms with Crippen molar-refractivity contribution in [2.75, 3.05) is 0 Å². The molecule has 0 bridgehead atoms. The Labute approximate surface area is 120 Å². The zero-order valence-electron chi connectivity index (χ0n) is 10.5. The van der Waals surface area contributed by atoms with E-state index in [1.54, 1.807) is 6.07 Å². The van der Waals surface area contributed by atoms with Crippen LogP contribution in [0.25, 0.3) is 10.9 Å². The Morgan fingerprint density at radius 3 is 2.80 bits per heavy atom. The molecule has 0 unspecified atom stereocenters. The number of hydrogen-bond donors (Lipinski definition) is 0. The highest BCUT2D eigenvalue weighted by Crippen LogP contribution is 2.22. The van der Waals surface area contributed by atoms with E-state index in [0.29, 0.717) is 22.7 Å². The molecule has 0 saturated carbocycles. The van der Waals surface area contributed by atoms with Crippen molar-refractivity contribution >= 4 is 22.5 Å². The summed E-state index contributed by atoms with van der Waals surface area (Å²) in [6.45, 7) is 0.381. The quantitative estimate of drug-likeness (QED) is 0.687. The zero-order chi connectivity index (χ0) is 14.1. The van der Waals surface area contributed by atoms with Crippen molar-refractivity contribution in [1.82, 2.24) is 4.57 Å². The van der Waals surface area contributed by atoms with E-state index in [9.17, 15) is 4.39 Å². The Kier molecular flexibility index (Phi) is 3.17. The number of fused-ring (bicyclic) bond motifs is 1. The molecule has 1 heterocycles. The van der Waals surface area contributed by atoms with Gasteiger partial charge in [0.05, 0.1) is 18.2 Å². The first-order chi connectivity index (χ1) is 9.67. The van der Waals surface area contributed by atoms with Crippen molar-refractivity contribution in [1.29, 1.82) is 5.26 Å². The predicted molar refractivity (Wildman–Crippen MR) is 77.2 cm³/mol. The third-order valence-electron chi connectivity index (χ3n) is 3.25. The largest absolute Gasteiger partial charge is 0.343 e. The van der Waals surface area contributed by atoms with E-state index in [4.69, 9.17) is 16.9 Å². The van der Waals surface area contributed by atoms with E-state index in [1.807, 2.05) is 41.1 Å². The molecule has 2 aromatic carbocycles. The first-order valence-corrected chi connectivity index (χ1v) is 6.48. The minimum absolute atomic E-state index is 0.306. The van der Waals surface area contributed by atoms with Crippen LogP contribution in [0, 0.1) is 17.1 Å². The van der Waals surface area contributed by atoms with E-state index in [2.05, 4.69) is 0 Å². The summed E-state index contributed by atoms with van der Waals surface area (Å²) in [4.78, 5) is 0. The van der Waals surface area contributed by atoms with E-state index in [0.717, 1.165) is 10.9 Å². The van der Waals surface area contributed by atoms with Crippen LogP contribution in [-0.4, -0.2) is 4.57 Å². The van der Waals surface area contributed by atoms with Gasteiger partial charge in [0, 0.05) is 27.7 Å². The van der Waals surface area contributed by atoms with Gasteiger partial charge >= 0.3 is 0 Å². The van der Waals surface area contributed by atoms with Gasteiger partial charge in [-0.1, -0.05) is 11.6 Å². The van der Waals surface area contributed by atoms with Crippen LogP contribution in [0.4, 0.5) is 4.39 Å². The monoisotopic (exact) mass is 284 g/mol. The second kappa shape index (κ2) is 4.99. The molecule has 0 spiro atoms. The maximum atomic E-state index is 13.8. The lowest BCUT2D eigenvalue weighted by Gasteiger charge is -2.07. The summed E-state index contributed by atoms with van der Waals surface area (Å²) < 4.78 is 15.8. The molecule has 0 saturated heterocycles. The SMILES string of the molecule is N#Cc1ccc(F)c(Cn2ccc3cc(Cl)ccc32)c1. The van der Waals surface area contributed by atoms with E-state index >= 15 is 0 Å². The van der Waals surface area contributed by atoms with Gasteiger partial charge in [0.2, 0.25) is 0 Å². The average molecular weight is 285 g/mol. The second-order valence-electron chi connectivity index (χ2n) is 4.56. The fraction of sp³-hybridized carbons (Fsp3) is 0.0625. The molecule has 0 aliphatic heterocycles. The van der Waals surface area contributed by atoms with Gasteiger partial charge in [-0.2, -0.15) is 5.26 Å². The summed E-state index contributed by atoms with van der Waals surface area (Å²) in [5.41, 5.74) is 1.94. The second-order valence-corrected chi connectivity index (χ2v) is 5.00. The zero-order valence-corrected chi connectivity index (χ0v) is 11.2. The van der Waals surface area contributed by atoms with Crippen molar-refractivity contribution in [3.8, 4) is 6.07 Å². The number of nitrogens with zero attached hydrogens (tertiary/aromatic N) is 2. The molecule has 4 heteroatoms. The maximum absolute atomic E-state index is 13.8. The standard InChI is InChI=1S/C16H10ClFN2/c17-14-2-4-16-12(8-14)5-6-20(16)10-13-7-11(9-19)1-3-15(13)18/h1-8H,10H2. The Morgan fingerprint density at radius 1 is 1.15 bits per heavy atom. The molecule has 0 atom stereocenters. The highest BCUT2D eigenvalue weighted by atomic mass is 35.5. The molecule has 0 N–H and O–H groups in total. The normalized spacial score (nSPS) is 10.7. The van der Waals surface area contributed by atoms with Crippen LogP contribution < -0.4 is 0 Å². The van der Waals surface area contributed by atoms with Gasteiger partial charge in [0.15, 0.2) is 0 Å². The van der Waals surface area contributed by atoms with Gasteiger partial charge in [0.1, 0.15) is 5.82 Å². The molecule has 20 heavy (non-hydrogen) atoms. The first-order valence-electron chi connectivity index (χ1n) is 6.10. The van der Waals surface area contributed by atoms with Crippen molar-refractivity contribution in [2.45, 2.75) is 6.54 Å². The number of halogens is 2. The Hall–Kier alpha value is -2.31. The van der Waals surface area contributed by atoms with Crippen LogP contribution in [0.1, 0.15) is 11.1 Å². The number of hydrogen-bond acceptors (Lipinski definition) is 1. The van der Waals surface area contributed by atoms with Crippen LogP contribution in [0.15, 0.2) is 48.7 Å². The van der Waals surface area contributed by atoms with Gasteiger partial charge in [-0.15, -0.1) is 0 Å². The minimum atomic E-state index is -0.306. The molecule has 0 fully saturated rings. The molecule has 3 aromatic rings. The van der Waals surface area contributed by atoms with E-state index in [1.165, 1.54) is 12.1 Å². The fourth-order valence-corrected chi connectivity index (χ4v) is 2.44. The number of aromatic nitrogens is 1. The van der Waals surface area contributed by atoms with Crippen molar-refractivity contribution in [2.24, 2.45) is 0 Å². The summed E-state index contributed by atoms with van der Waals surface area (Å²) in [7, 11) is 0. The molecule has 0 aliphatic rings. The molecule has 2 nitrogen and oxygen atoms in total. The number of rotatable bonds is 2. The Balaban J connectivity index is 2.03. The maximum Gasteiger partial charge on any atom is 0.128 e. The summed E-state index contributed by atoms with van der Waals surface area (Å²) in [6.07, 6.45) is 1.89. The van der Waals surface area contributed by atoms with Gasteiger partial charge < -0.3 is 4.57 Å². The molecule has 0 aliphatic carbocycles. The van der Waals surface area contributed by atoms with Gasteiger partial charge in [0.25, 0.3) is 0 Å². The van der Waals surface area contributed by atoms with Crippen LogP contribution in [-0.2, 0) is 6.54 Å². The Morgan fingerprint density at radius 2 is 2.00 bits per heavy atom. The molecule has 3 rings (SSSR count). The lowest BCUT2D eigenvalue weighted by molar-refractivity contribution is 0.602. The summed E-state index contributed by atoms with van der Waals surface area (Å²) in [5.74, 6) is -0.306. The van der Waals surface area contributed by atoms with E-state index in [-0.39, 0.29) is 5.82 Å². The van der Waals surface area contributed by atoms with Crippen LogP contribution in [0.2, 0.25) is 5.02 Å². The third-order valence-corrected chi connectivity index (χ3v) is 3.48. The predicted octanol–water partition coefficient (Wildman–Crippen LogP) is 4.35. The molecule has 1 aromatic heterocycles. The fourth-order valence-electron chi connectivity index (χ4n) is 2.26. The Bertz CT molecular complexity index is 830. The van der Waals surface area contributed by atoms with Gasteiger partial charge in [-0.25, -0.2) is 4.39 Å². The smallest absolute Gasteiger partial charge is 0.128 e. The summed E-state index contributed by atoms with van der Waals surface area (Å²) in [5, 5.41) is 10.6. The average Bonchev–Trinajstić information content (AvgIpc) is 2.83. The third kappa shape index (κ3) is 2.26. The molecule has 0 radical (unpaired) electrons. The van der Waals surface area contributed by atoms with Crippen LogP contribution >= 0.6 is 11.6 Å². The van der Waals surface area contributed by atoms with E-state index < -0.39 is 0 Å². The van der Waals surface area contributed by atoms with Gasteiger partial charge in [-0.3, -0.25) is 0 Å². The van der Waals surface area contributed by atoms with Gasteiger partial charge in [-0.05, 0) is 42.5 Å². The van der Waals surface area contributed by atoms with Crippen molar-refractivity contribution in [3.63, 3.8) is 0 Å². The minimum Gasteiger partial charge on any atom is -0.343 e. The van der Waals surface area contributed by atoms with Crippen molar-refractivity contribution < 1.29 is 4.39 Å². The van der Waals surface area contributed by atoms with Crippen LogP contribution in [0.5, 0.6) is 0 Å². The highest BCUT2D eigenvalue weighted by Gasteiger charge is 2.07. The highest BCUT2D eigenvalue weighted by molar-refractivity contribution is 6.31. The lowest BCUT2D eigenvalue weighted by Crippen LogP contribution is -2.01. The molecular weight excluding hydrogens is 275 g/mol. The molecule has 98 valence electrons. The summed E-state index contributed by atoms with van der Waals surface area (Å²) >= 11 is 5.95. The molecule has 0 amide bonds. The van der Waals surface area contributed by atoms with Crippen LogP contribution in [0.3, 0.4) is 0 Å². The first kappa shape index (κ1) is 12.7. The number of benzene rings is 2. The topological polar surface area (TPSA) is 28.7 Å². The molecular formula is C16H10ClFN2. The van der Waals surface area contributed by atoms with Crippen molar-refractivity contribution in [3.05, 3.63) is 70.6 Å². The number of nitriles is 1. The lowest BCUT2D eigenvalue weighted by atomic mass is 10.1. The summed E-state index contributed by atoms with van der Waals surface area (Å²) in [6, 6.07) is 13.9.